The lowest BCUT2D eigenvalue weighted by Crippen LogP contribution is -2.29. The van der Waals surface area contributed by atoms with E-state index in [0.29, 0.717) is 27.8 Å². The Morgan fingerprint density at radius 2 is 2.04 bits per heavy atom. The average Bonchev–Trinajstić information content (AvgIpc) is 2.99. The van der Waals surface area contributed by atoms with Gasteiger partial charge in [-0.05, 0) is 37.1 Å². The van der Waals surface area contributed by atoms with E-state index in [2.05, 4.69) is 20.6 Å². The zero-order chi connectivity index (χ0) is 17.6. The van der Waals surface area contributed by atoms with Crippen molar-refractivity contribution in [2.24, 2.45) is 13.0 Å². The molecule has 0 saturated heterocycles. The van der Waals surface area contributed by atoms with E-state index in [1.54, 1.807) is 22.9 Å². The standard InChI is InChI=1S/C17H15Cl2N5O/c1-24-14-8-9(2-6-13(14)22-23-24)17(25)21-15-7-3-10-11(18)4-5-12(19)16(10)20-15/h3-5,7,9H,2,6,8H2,1H3,(H,20,21,25). The Hall–Kier alpha value is -2.18. The molecule has 8 heteroatoms. The molecule has 2 aromatic heterocycles. The van der Waals surface area contributed by atoms with Crippen molar-refractivity contribution >= 4 is 45.8 Å². The van der Waals surface area contributed by atoms with Gasteiger partial charge in [-0.15, -0.1) is 5.10 Å². The van der Waals surface area contributed by atoms with Crippen LogP contribution in [0.5, 0.6) is 0 Å². The number of aromatic nitrogens is 4. The largest absolute Gasteiger partial charge is 0.310 e. The first-order valence-electron chi connectivity index (χ1n) is 7.96. The van der Waals surface area contributed by atoms with Crippen molar-refractivity contribution in [1.82, 2.24) is 20.0 Å². The molecule has 25 heavy (non-hydrogen) atoms. The first-order valence-corrected chi connectivity index (χ1v) is 8.71. The van der Waals surface area contributed by atoms with E-state index in [1.807, 2.05) is 13.1 Å². The fourth-order valence-electron chi connectivity index (χ4n) is 3.18. The molecule has 4 rings (SSSR count). The molecular formula is C17H15Cl2N5O. The minimum atomic E-state index is -0.128. The number of carbonyl (C=O) groups excluding carboxylic acids is 1. The summed E-state index contributed by atoms with van der Waals surface area (Å²) in [5.41, 5.74) is 2.58. The van der Waals surface area contributed by atoms with Crippen molar-refractivity contribution in [3.63, 3.8) is 0 Å². The number of nitrogens with zero attached hydrogens (tertiary/aromatic N) is 4. The monoisotopic (exact) mass is 375 g/mol. The highest BCUT2D eigenvalue weighted by molar-refractivity contribution is 6.39. The Balaban J connectivity index is 1.56. The number of aryl methyl sites for hydroxylation is 2. The summed E-state index contributed by atoms with van der Waals surface area (Å²) in [6, 6.07) is 6.98. The van der Waals surface area contributed by atoms with Crippen LogP contribution in [0, 0.1) is 5.92 Å². The summed E-state index contributed by atoms with van der Waals surface area (Å²) in [6.07, 6.45) is 2.14. The predicted octanol–water partition coefficient (Wildman–Crippen LogP) is 3.41. The molecule has 0 aliphatic heterocycles. The van der Waals surface area contributed by atoms with Crippen molar-refractivity contribution < 1.29 is 4.79 Å². The maximum atomic E-state index is 12.6. The van der Waals surface area contributed by atoms with E-state index < -0.39 is 0 Å². The van der Waals surface area contributed by atoms with E-state index in [9.17, 15) is 4.79 Å². The maximum absolute atomic E-state index is 12.6. The van der Waals surface area contributed by atoms with Crippen molar-refractivity contribution in [1.29, 1.82) is 0 Å². The van der Waals surface area contributed by atoms with Gasteiger partial charge in [0.25, 0.3) is 0 Å². The number of hydrogen-bond acceptors (Lipinski definition) is 4. The average molecular weight is 376 g/mol. The number of amides is 1. The summed E-state index contributed by atoms with van der Waals surface area (Å²) in [5, 5.41) is 12.9. The quantitative estimate of drug-likeness (QED) is 0.744. The lowest BCUT2D eigenvalue weighted by Gasteiger charge is -2.20. The van der Waals surface area contributed by atoms with Gasteiger partial charge in [0.05, 0.1) is 26.9 Å². The molecule has 3 aromatic rings. The summed E-state index contributed by atoms with van der Waals surface area (Å²) >= 11 is 12.4. The van der Waals surface area contributed by atoms with Crippen LogP contribution >= 0.6 is 23.2 Å². The molecule has 0 fully saturated rings. The zero-order valence-corrected chi connectivity index (χ0v) is 15.0. The summed E-state index contributed by atoms with van der Waals surface area (Å²) in [6.45, 7) is 0. The van der Waals surface area contributed by atoms with Gasteiger partial charge in [0.2, 0.25) is 5.91 Å². The van der Waals surface area contributed by atoms with Crippen LogP contribution in [0.2, 0.25) is 10.0 Å². The van der Waals surface area contributed by atoms with Crippen LogP contribution in [-0.2, 0) is 24.7 Å². The van der Waals surface area contributed by atoms with Crippen LogP contribution in [0.4, 0.5) is 5.82 Å². The van der Waals surface area contributed by atoms with Crippen LogP contribution in [0.1, 0.15) is 17.8 Å². The minimum absolute atomic E-state index is 0.0585. The fourth-order valence-corrected chi connectivity index (χ4v) is 3.60. The van der Waals surface area contributed by atoms with E-state index in [0.717, 1.165) is 29.6 Å². The Labute approximate surface area is 154 Å². The number of anilines is 1. The van der Waals surface area contributed by atoms with Gasteiger partial charge in [-0.1, -0.05) is 28.4 Å². The Bertz CT molecular complexity index is 985. The lowest BCUT2D eigenvalue weighted by atomic mass is 9.89. The number of hydrogen-bond donors (Lipinski definition) is 1. The molecule has 0 bridgehead atoms. The van der Waals surface area contributed by atoms with Gasteiger partial charge in [0.15, 0.2) is 0 Å². The van der Waals surface area contributed by atoms with E-state index in [1.165, 1.54) is 0 Å². The normalized spacial score (nSPS) is 16.7. The van der Waals surface area contributed by atoms with Crippen molar-refractivity contribution in [3.8, 4) is 0 Å². The fraction of sp³-hybridized carbons (Fsp3) is 0.294. The predicted molar refractivity (Wildman–Crippen MR) is 96.9 cm³/mol. The van der Waals surface area contributed by atoms with E-state index >= 15 is 0 Å². The second-order valence-electron chi connectivity index (χ2n) is 6.16. The summed E-state index contributed by atoms with van der Waals surface area (Å²) in [4.78, 5) is 17.1. The van der Waals surface area contributed by atoms with E-state index in [4.69, 9.17) is 23.2 Å². The van der Waals surface area contributed by atoms with Gasteiger partial charge in [-0.25, -0.2) is 4.98 Å². The van der Waals surface area contributed by atoms with Gasteiger partial charge >= 0.3 is 0 Å². The lowest BCUT2D eigenvalue weighted by molar-refractivity contribution is -0.120. The maximum Gasteiger partial charge on any atom is 0.229 e. The molecular weight excluding hydrogens is 361 g/mol. The highest BCUT2D eigenvalue weighted by Crippen LogP contribution is 2.30. The van der Waals surface area contributed by atoms with Gasteiger partial charge in [0, 0.05) is 24.8 Å². The Morgan fingerprint density at radius 1 is 1.24 bits per heavy atom. The van der Waals surface area contributed by atoms with E-state index in [-0.39, 0.29) is 11.8 Å². The number of pyridine rings is 1. The van der Waals surface area contributed by atoms with Crippen LogP contribution in [0.25, 0.3) is 10.9 Å². The number of benzene rings is 1. The highest BCUT2D eigenvalue weighted by Gasteiger charge is 2.28. The van der Waals surface area contributed by atoms with Gasteiger partial charge in [-0.2, -0.15) is 0 Å². The van der Waals surface area contributed by atoms with Crippen LogP contribution in [-0.4, -0.2) is 25.9 Å². The molecule has 1 N–H and O–H groups in total. The van der Waals surface area contributed by atoms with Crippen LogP contribution in [0.3, 0.4) is 0 Å². The molecule has 1 amide bonds. The molecule has 1 aliphatic carbocycles. The molecule has 0 saturated carbocycles. The number of rotatable bonds is 2. The number of carbonyl (C=O) groups is 1. The molecule has 6 nitrogen and oxygen atoms in total. The molecule has 1 aromatic carbocycles. The van der Waals surface area contributed by atoms with Crippen LogP contribution in [0.15, 0.2) is 24.3 Å². The zero-order valence-electron chi connectivity index (χ0n) is 13.5. The van der Waals surface area contributed by atoms with Crippen molar-refractivity contribution in [3.05, 3.63) is 45.7 Å². The SMILES string of the molecule is Cn1nnc2c1CC(C(=O)Nc1ccc3c(Cl)ccc(Cl)c3n1)CC2. The first kappa shape index (κ1) is 16.3. The minimum Gasteiger partial charge on any atom is -0.310 e. The number of halogens is 2. The number of fused-ring (bicyclic) bond motifs is 2. The second kappa shape index (κ2) is 6.28. The Morgan fingerprint density at radius 3 is 2.88 bits per heavy atom. The summed E-state index contributed by atoms with van der Waals surface area (Å²) < 4.78 is 1.74. The highest BCUT2D eigenvalue weighted by atomic mass is 35.5. The molecule has 0 radical (unpaired) electrons. The van der Waals surface area contributed by atoms with Crippen molar-refractivity contribution in [2.45, 2.75) is 19.3 Å². The van der Waals surface area contributed by atoms with Gasteiger partial charge in [-0.3, -0.25) is 9.48 Å². The van der Waals surface area contributed by atoms with Gasteiger partial charge in [0.1, 0.15) is 5.82 Å². The summed E-state index contributed by atoms with van der Waals surface area (Å²) in [5.74, 6) is 0.282. The van der Waals surface area contributed by atoms with Crippen LogP contribution < -0.4 is 5.32 Å². The third-order valence-corrected chi connectivity index (χ3v) is 5.20. The summed E-state index contributed by atoms with van der Waals surface area (Å²) in [7, 11) is 1.85. The third-order valence-electron chi connectivity index (χ3n) is 4.57. The molecule has 1 unspecified atom stereocenters. The second-order valence-corrected chi connectivity index (χ2v) is 6.97. The third kappa shape index (κ3) is 2.96. The molecule has 128 valence electrons. The molecule has 1 aliphatic rings. The molecule has 1 atom stereocenters. The molecule has 2 heterocycles. The van der Waals surface area contributed by atoms with Crippen molar-refractivity contribution in [2.75, 3.05) is 5.32 Å². The molecule has 0 spiro atoms. The topological polar surface area (TPSA) is 72.7 Å². The smallest absolute Gasteiger partial charge is 0.229 e. The number of nitrogens with one attached hydrogen (secondary N) is 1. The van der Waals surface area contributed by atoms with Gasteiger partial charge < -0.3 is 5.32 Å². The first-order chi connectivity index (χ1) is 12.0. The Kier molecular flexibility index (Phi) is 4.09.